The predicted molar refractivity (Wildman–Crippen MR) is 86.8 cm³/mol. The molecular formula is C17H20N2O4. The highest BCUT2D eigenvalue weighted by Crippen LogP contribution is 2.32. The minimum absolute atomic E-state index is 0.178. The monoisotopic (exact) mass is 316 g/mol. The van der Waals surface area contributed by atoms with Crippen LogP contribution in [-0.4, -0.2) is 32.3 Å². The first kappa shape index (κ1) is 16.6. The molecule has 1 atom stereocenters. The molecule has 1 aromatic carbocycles. The molecule has 2 rings (SSSR count). The van der Waals surface area contributed by atoms with Crippen molar-refractivity contribution in [3.8, 4) is 11.5 Å². The molecule has 0 spiro atoms. The number of carbonyl (C=O) groups excluding carboxylic acids is 1. The zero-order valence-electron chi connectivity index (χ0n) is 13.4. The lowest BCUT2D eigenvalue weighted by molar-refractivity contribution is -0.140. The highest BCUT2D eigenvalue weighted by molar-refractivity contribution is 5.71. The quantitative estimate of drug-likeness (QED) is 0.792. The van der Waals surface area contributed by atoms with Crippen molar-refractivity contribution in [3.63, 3.8) is 0 Å². The summed E-state index contributed by atoms with van der Waals surface area (Å²) in [5.41, 5.74) is 1.64. The van der Waals surface area contributed by atoms with Crippen molar-refractivity contribution in [1.29, 1.82) is 0 Å². The summed E-state index contributed by atoms with van der Waals surface area (Å²) in [4.78, 5) is 15.8. The Bertz CT molecular complexity index is 646. The van der Waals surface area contributed by atoms with Gasteiger partial charge in [-0.1, -0.05) is 6.07 Å². The SMILES string of the molecule is COC(=O)CC(Nc1ccc(OC)cc1OC)c1cccnc1. The molecule has 6 nitrogen and oxygen atoms in total. The van der Waals surface area contributed by atoms with E-state index in [0.717, 1.165) is 11.3 Å². The molecule has 1 aromatic heterocycles. The Balaban J connectivity index is 2.28. The van der Waals surface area contributed by atoms with Gasteiger partial charge in [-0.3, -0.25) is 9.78 Å². The number of rotatable bonds is 7. The number of nitrogens with one attached hydrogen (secondary N) is 1. The second kappa shape index (κ2) is 8.03. The van der Waals surface area contributed by atoms with Gasteiger partial charge in [0.1, 0.15) is 11.5 Å². The Kier molecular flexibility index (Phi) is 5.80. The van der Waals surface area contributed by atoms with Gasteiger partial charge in [-0.15, -0.1) is 0 Å². The normalized spacial score (nSPS) is 11.4. The zero-order valence-corrected chi connectivity index (χ0v) is 13.4. The Labute approximate surface area is 135 Å². The van der Waals surface area contributed by atoms with E-state index < -0.39 is 0 Å². The highest BCUT2D eigenvalue weighted by atomic mass is 16.5. The van der Waals surface area contributed by atoms with Crippen LogP contribution in [-0.2, 0) is 9.53 Å². The fourth-order valence-corrected chi connectivity index (χ4v) is 2.19. The van der Waals surface area contributed by atoms with Gasteiger partial charge in [0.25, 0.3) is 0 Å². The first-order valence-corrected chi connectivity index (χ1v) is 7.13. The maximum absolute atomic E-state index is 11.7. The van der Waals surface area contributed by atoms with Gasteiger partial charge in [0.15, 0.2) is 0 Å². The fourth-order valence-electron chi connectivity index (χ4n) is 2.19. The summed E-state index contributed by atoms with van der Waals surface area (Å²) < 4.78 is 15.4. The summed E-state index contributed by atoms with van der Waals surface area (Å²) in [6, 6.07) is 8.90. The van der Waals surface area contributed by atoms with Gasteiger partial charge in [-0.25, -0.2) is 0 Å². The number of methoxy groups -OCH3 is 3. The van der Waals surface area contributed by atoms with Crippen molar-refractivity contribution in [2.24, 2.45) is 0 Å². The molecule has 0 aliphatic carbocycles. The number of hydrogen-bond acceptors (Lipinski definition) is 6. The van der Waals surface area contributed by atoms with Crippen LogP contribution in [0.5, 0.6) is 11.5 Å². The van der Waals surface area contributed by atoms with Crippen LogP contribution in [0.4, 0.5) is 5.69 Å². The first-order valence-electron chi connectivity index (χ1n) is 7.13. The molecule has 6 heteroatoms. The van der Waals surface area contributed by atoms with E-state index in [4.69, 9.17) is 14.2 Å². The lowest BCUT2D eigenvalue weighted by atomic mass is 10.1. The summed E-state index contributed by atoms with van der Waals surface area (Å²) in [6.07, 6.45) is 3.58. The summed E-state index contributed by atoms with van der Waals surface area (Å²) in [7, 11) is 4.55. The van der Waals surface area contributed by atoms with Crippen molar-refractivity contribution >= 4 is 11.7 Å². The molecule has 1 unspecified atom stereocenters. The predicted octanol–water partition coefficient (Wildman–Crippen LogP) is 2.82. The van der Waals surface area contributed by atoms with Crippen molar-refractivity contribution < 1.29 is 19.0 Å². The number of nitrogens with zero attached hydrogens (tertiary/aromatic N) is 1. The van der Waals surface area contributed by atoms with Crippen molar-refractivity contribution in [2.75, 3.05) is 26.6 Å². The lowest BCUT2D eigenvalue weighted by Gasteiger charge is -2.21. The molecule has 0 radical (unpaired) electrons. The van der Waals surface area contributed by atoms with Crippen molar-refractivity contribution in [1.82, 2.24) is 4.98 Å². The number of carbonyl (C=O) groups is 1. The van der Waals surface area contributed by atoms with Crippen LogP contribution >= 0.6 is 0 Å². The molecule has 0 amide bonds. The molecular weight excluding hydrogens is 296 g/mol. The second-order valence-corrected chi connectivity index (χ2v) is 4.83. The van der Waals surface area contributed by atoms with E-state index >= 15 is 0 Å². The molecule has 0 bridgehead atoms. The average molecular weight is 316 g/mol. The zero-order chi connectivity index (χ0) is 16.7. The summed E-state index contributed by atoms with van der Waals surface area (Å²) in [5, 5.41) is 3.31. The van der Waals surface area contributed by atoms with Crippen LogP contribution in [0.3, 0.4) is 0 Å². The van der Waals surface area contributed by atoms with E-state index in [0.29, 0.717) is 11.5 Å². The molecule has 0 saturated heterocycles. The standard InChI is InChI=1S/C17H20N2O4/c1-21-13-6-7-14(16(9-13)22-2)19-15(10-17(20)23-3)12-5-4-8-18-11-12/h4-9,11,15,19H,10H2,1-3H3. The number of esters is 1. The highest BCUT2D eigenvalue weighted by Gasteiger charge is 2.18. The number of ether oxygens (including phenoxy) is 3. The van der Waals surface area contributed by atoms with E-state index in [2.05, 4.69) is 10.3 Å². The van der Waals surface area contributed by atoms with Crippen LogP contribution < -0.4 is 14.8 Å². The van der Waals surface area contributed by atoms with E-state index in [9.17, 15) is 4.79 Å². The smallest absolute Gasteiger partial charge is 0.307 e. The molecule has 0 fully saturated rings. The molecule has 1 heterocycles. The number of aromatic nitrogens is 1. The summed E-state index contributed by atoms with van der Waals surface area (Å²) in [5.74, 6) is 1.01. The maximum Gasteiger partial charge on any atom is 0.307 e. The summed E-state index contributed by atoms with van der Waals surface area (Å²) in [6.45, 7) is 0. The fraction of sp³-hybridized carbons (Fsp3) is 0.294. The van der Waals surface area contributed by atoms with E-state index in [1.54, 1.807) is 32.7 Å². The van der Waals surface area contributed by atoms with Crippen LogP contribution in [0.1, 0.15) is 18.0 Å². The van der Waals surface area contributed by atoms with E-state index in [1.165, 1.54) is 7.11 Å². The van der Waals surface area contributed by atoms with Gasteiger partial charge in [0, 0.05) is 18.5 Å². The van der Waals surface area contributed by atoms with E-state index in [1.807, 2.05) is 24.3 Å². The molecule has 1 N–H and O–H groups in total. The topological polar surface area (TPSA) is 69.7 Å². The van der Waals surface area contributed by atoms with Crippen LogP contribution in [0.2, 0.25) is 0 Å². The van der Waals surface area contributed by atoms with Gasteiger partial charge < -0.3 is 19.5 Å². The van der Waals surface area contributed by atoms with Crippen LogP contribution in [0.15, 0.2) is 42.7 Å². The number of anilines is 1. The molecule has 0 aliphatic rings. The Morgan fingerprint density at radius 2 is 2.04 bits per heavy atom. The largest absolute Gasteiger partial charge is 0.497 e. The summed E-state index contributed by atoms with van der Waals surface area (Å²) >= 11 is 0. The Hall–Kier alpha value is -2.76. The molecule has 0 aliphatic heterocycles. The Morgan fingerprint density at radius 3 is 2.65 bits per heavy atom. The maximum atomic E-state index is 11.7. The van der Waals surface area contributed by atoms with E-state index in [-0.39, 0.29) is 18.4 Å². The first-order chi connectivity index (χ1) is 11.2. The molecule has 23 heavy (non-hydrogen) atoms. The number of benzene rings is 1. The van der Waals surface area contributed by atoms with Gasteiger partial charge in [-0.2, -0.15) is 0 Å². The lowest BCUT2D eigenvalue weighted by Crippen LogP contribution is -2.17. The van der Waals surface area contributed by atoms with Gasteiger partial charge in [0.2, 0.25) is 0 Å². The third-order valence-corrected chi connectivity index (χ3v) is 3.42. The van der Waals surface area contributed by atoms with Gasteiger partial charge in [-0.05, 0) is 23.8 Å². The van der Waals surface area contributed by atoms with Gasteiger partial charge in [0.05, 0.1) is 39.5 Å². The third kappa shape index (κ3) is 4.35. The molecule has 0 saturated carbocycles. The minimum atomic E-state index is -0.307. The molecule has 2 aromatic rings. The number of hydrogen-bond donors (Lipinski definition) is 1. The van der Waals surface area contributed by atoms with Crippen LogP contribution in [0.25, 0.3) is 0 Å². The molecule has 122 valence electrons. The van der Waals surface area contributed by atoms with Gasteiger partial charge >= 0.3 is 5.97 Å². The van der Waals surface area contributed by atoms with Crippen molar-refractivity contribution in [2.45, 2.75) is 12.5 Å². The third-order valence-electron chi connectivity index (χ3n) is 3.42. The second-order valence-electron chi connectivity index (χ2n) is 4.83. The van der Waals surface area contributed by atoms with Crippen LogP contribution in [0, 0.1) is 0 Å². The average Bonchev–Trinajstić information content (AvgIpc) is 2.61. The minimum Gasteiger partial charge on any atom is -0.497 e. The van der Waals surface area contributed by atoms with Crippen molar-refractivity contribution in [3.05, 3.63) is 48.3 Å². The number of pyridine rings is 1. The Morgan fingerprint density at radius 1 is 1.22 bits per heavy atom.